The molecule has 0 aliphatic heterocycles. The van der Waals surface area contributed by atoms with Crippen LogP contribution in [0.3, 0.4) is 0 Å². The summed E-state index contributed by atoms with van der Waals surface area (Å²) in [5.41, 5.74) is -10.4. The van der Waals surface area contributed by atoms with Gasteiger partial charge >= 0.3 is 31.2 Å². The van der Waals surface area contributed by atoms with Gasteiger partial charge in [-0.1, -0.05) is 0 Å². The van der Waals surface area contributed by atoms with Crippen molar-refractivity contribution in [1.29, 1.82) is 0 Å². The molecule has 8 nitrogen and oxygen atoms in total. The maximum absolute atomic E-state index is 14.0. The van der Waals surface area contributed by atoms with Crippen molar-refractivity contribution in [2.45, 2.75) is 34.9 Å². The second-order valence-electron chi connectivity index (χ2n) is 4.21. The van der Waals surface area contributed by atoms with Crippen molar-refractivity contribution in [3.05, 3.63) is 0 Å². The van der Waals surface area contributed by atoms with E-state index >= 15 is 0 Å². The van der Waals surface area contributed by atoms with Crippen LogP contribution in [0.4, 0.5) is 26.3 Å². The van der Waals surface area contributed by atoms with Gasteiger partial charge in [0.05, 0.1) is 0 Å². The highest BCUT2D eigenvalue weighted by Gasteiger charge is 2.79. The van der Waals surface area contributed by atoms with Crippen molar-refractivity contribution in [1.82, 2.24) is 0 Å². The third kappa shape index (κ3) is 3.41. The van der Waals surface area contributed by atoms with Crippen LogP contribution in [0, 0.1) is 0 Å². The highest BCUT2D eigenvalue weighted by molar-refractivity contribution is 7.87. The first-order valence-electron chi connectivity index (χ1n) is 5.16. The van der Waals surface area contributed by atoms with Crippen LogP contribution >= 0.6 is 0 Å². The fourth-order valence-electron chi connectivity index (χ4n) is 1.61. The van der Waals surface area contributed by atoms with Crippen LogP contribution < -0.4 is 0 Å². The van der Waals surface area contributed by atoms with Gasteiger partial charge in [-0.15, -0.1) is 0 Å². The van der Waals surface area contributed by atoms with Gasteiger partial charge in [-0.3, -0.25) is 9.11 Å². The smallest absolute Gasteiger partial charge is 0.328 e. The Morgan fingerprint density at radius 3 is 1.57 bits per heavy atom. The Morgan fingerprint density at radius 1 is 0.957 bits per heavy atom. The Bertz CT molecular complexity index is 635. The number of halogens is 6. The summed E-state index contributed by atoms with van der Waals surface area (Å²) in [6.45, 7) is -1.86. The van der Waals surface area contributed by atoms with Crippen LogP contribution in [0.15, 0.2) is 0 Å². The lowest BCUT2D eigenvalue weighted by molar-refractivity contribution is -0.262. The van der Waals surface area contributed by atoms with Crippen LogP contribution in [-0.2, 0) is 20.2 Å². The van der Waals surface area contributed by atoms with Gasteiger partial charge in [0.15, 0.2) is 5.60 Å². The topological polar surface area (TPSA) is 149 Å². The average Bonchev–Trinajstić information content (AvgIpc) is 2.33. The van der Waals surface area contributed by atoms with Gasteiger partial charge in [0.1, 0.15) is 0 Å². The number of hydrogen-bond acceptors (Lipinski definition) is 6. The molecule has 23 heavy (non-hydrogen) atoms. The highest BCUT2D eigenvalue weighted by Crippen LogP contribution is 2.50. The van der Waals surface area contributed by atoms with Crippen LogP contribution in [0.25, 0.3) is 0 Å². The first kappa shape index (κ1) is 22.3. The van der Waals surface area contributed by atoms with E-state index in [0.29, 0.717) is 0 Å². The van der Waals surface area contributed by atoms with Gasteiger partial charge < -0.3 is 10.2 Å². The fourth-order valence-corrected chi connectivity index (χ4v) is 3.07. The monoisotopic (exact) mass is 400 g/mol. The molecule has 0 bridgehead atoms. The first-order valence-corrected chi connectivity index (χ1v) is 8.11. The largest absolute Gasteiger partial charge is 0.396 e. The summed E-state index contributed by atoms with van der Waals surface area (Å²) in [5, 5.41) is 11.8. The Morgan fingerprint density at radius 2 is 1.35 bits per heavy atom. The molecule has 0 spiro atoms. The Kier molecular flexibility index (Phi) is 6.13. The lowest BCUT2D eigenvalue weighted by atomic mass is 9.86. The van der Waals surface area contributed by atoms with Crippen molar-refractivity contribution in [2.24, 2.45) is 0 Å². The molecule has 4 N–H and O–H groups in total. The van der Waals surface area contributed by atoms with Crippen molar-refractivity contribution in [3.63, 3.8) is 0 Å². The van der Waals surface area contributed by atoms with Crippen LogP contribution in [-0.4, -0.2) is 71.2 Å². The number of aliphatic hydroxyl groups is 2. The van der Waals surface area contributed by atoms with Gasteiger partial charge in [0.2, 0.25) is 0 Å². The molecule has 3 atom stereocenters. The van der Waals surface area contributed by atoms with E-state index in [9.17, 15) is 48.3 Å². The van der Waals surface area contributed by atoms with Crippen molar-refractivity contribution in [3.8, 4) is 0 Å². The molecule has 0 rings (SSSR count). The number of rotatable bonds is 8. The molecule has 140 valence electrons. The molecule has 0 amide bonds. The Hall–Kier alpha value is -0.680. The summed E-state index contributed by atoms with van der Waals surface area (Å²) >= 11 is 0. The number of aliphatic hydroxyl groups excluding tert-OH is 1. The molecule has 0 saturated heterocycles. The van der Waals surface area contributed by atoms with Gasteiger partial charge in [-0.05, 0) is 0 Å². The zero-order valence-corrected chi connectivity index (χ0v) is 12.2. The van der Waals surface area contributed by atoms with E-state index in [1.165, 1.54) is 0 Å². The third-order valence-electron chi connectivity index (χ3n) is 2.79. The van der Waals surface area contributed by atoms with Crippen LogP contribution in [0.1, 0.15) is 6.42 Å². The molecule has 0 radical (unpaired) electrons. The molecule has 0 aromatic heterocycles. The molecular weight excluding hydrogens is 390 g/mol. The maximum atomic E-state index is 14.0. The highest BCUT2D eigenvalue weighted by atomic mass is 32.2. The van der Waals surface area contributed by atoms with Gasteiger partial charge in [0.25, 0.3) is 11.9 Å². The minimum Gasteiger partial charge on any atom is -0.396 e. The summed E-state index contributed by atoms with van der Waals surface area (Å²) < 4.78 is 139. The predicted molar refractivity (Wildman–Crippen MR) is 59.4 cm³/mol. The minimum atomic E-state index is -6.91. The van der Waals surface area contributed by atoms with E-state index in [2.05, 4.69) is 0 Å². The fraction of sp³-hybridized carbons (Fsp3) is 1.00. The van der Waals surface area contributed by atoms with E-state index in [-0.39, 0.29) is 0 Å². The van der Waals surface area contributed by atoms with Crippen LogP contribution in [0.2, 0.25) is 0 Å². The minimum absolute atomic E-state index is 1.86. The summed E-state index contributed by atoms with van der Waals surface area (Å²) in [4.78, 5) is 0. The summed E-state index contributed by atoms with van der Waals surface area (Å²) in [5.74, 6) is -6.23. The van der Waals surface area contributed by atoms with E-state index < -0.39 is 61.7 Å². The van der Waals surface area contributed by atoms with Crippen molar-refractivity contribution < 1.29 is 62.5 Å². The van der Waals surface area contributed by atoms with Gasteiger partial charge in [0, 0.05) is 13.0 Å². The molecule has 0 fully saturated rings. The van der Waals surface area contributed by atoms with E-state index in [1.54, 1.807) is 0 Å². The molecule has 0 aromatic rings. The Labute approximate surface area is 125 Å². The predicted octanol–water partition coefficient (Wildman–Crippen LogP) is -0.263. The second-order valence-corrected chi connectivity index (χ2v) is 7.20. The normalized spacial score (nSPS) is 20.8. The van der Waals surface area contributed by atoms with E-state index in [0.717, 1.165) is 0 Å². The quantitative estimate of drug-likeness (QED) is 0.322. The second kappa shape index (κ2) is 6.32. The molecule has 0 saturated carbocycles. The standard InChI is InChI=1S/C7H10F6O8S2/c8-3(9)7(13,23(19,20)21)5(15,1-2-14)6(11,12)4(10)22(16,17)18/h3-4,14-15H,1-2H2,(H,16,17,18)(H,19,20,21). The zero-order chi connectivity index (χ0) is 19.1. The molecule has 0 heterocycles. The molecule has 16 heteroatoms. The first-order chi connectivity index (χ1) is 9.91. The molecule has 0 aliphatic rings. The average molecular weight is 400 g/mol. The van der Waals surface area contributed by atoms with Gasteiger partial charge in [-0.25, -0.2) is 17.6 Å². The Balaban J connectivity index is 6.74. The van der Waals surface area contributed by atoms with Crippen molar-refractivity contribution >= 4 is 20.2 Å². The van der Waals surface area contributed by atoms with Crippen molar-refractivity contribution in [2.75, 3.05) is 6.61 Å². The molecule has 3 unspecified atom stereocenters. The van der Waals surface area contributed by atoms with Gasteiger partial charge in [-0.2, -0.15) is 25.6 Å². The number of alkyl halides is 6. The maximum Gasteiger partial charge on any atom is 0.328 e. The number of hydrogen-bond donors (Lipinski definition) is 4. The van der Waals surface area contributed by atoms with E-state index in [1.807, 2.05) is 0 Å². The SMILES string of the molecule is O=S(=O)(O)C(F)C(F)(F)C(O)(CCO)C(F)(C(F)F)S(=O)(=O)O. The summed E-state index contributed by atoms with van der Waals surface area (Å²) in [6, 6.07) is 0. The molecule has 0 aliphatic carbocycles. The lowest BCUT2D eigenvalue weighted by Crippen LogP contribution is -2.71. The van der Waals surface area contributed by atoms with E-state index in [4.69, 9.17) is 14.2 Å². The molecule has 0 aromatic carbocycles. The molecular formula is C7H10F6O8S2. The zero-order valence-electron chi connectivity index (χ0n) is 10.6. The third-order valence-corrected chi connectivity index (χ3v) is 4.88. The van der Waals surface area contributed by atoms with Crippen LogP contribution in [0.5, 0.6) is 0 Å². The summed E-state index contributed by atoms with van der Waals surface area (Å²) in [6.07, 6.45) is -7.48. The summed E-state index contributed by atoms with van der Waals surface area (Å²) in [7, 11) is -13.3. The lowest BCUT2D eigenvalue weighted by Gasteiger charge is -2.43.